The van der Waals surface area contributed by atoms with Gasteiger partial charge in [0.25, 0.3) is 0 Å². The van der Waals surface area contributed by atoms with Crippen molar-refractivity contribution >= 4 is 11.8 Å². The van der Waals surface area contributed by atoms with Gasteiger partial charge in [0.05, 0.1) is 0 Å². The Labute approximate surface area is 112 Å². The average Bonchev–Trinajstić information content (AvgIpc) is 2.63. The summed E-state index contributed by atoms with van der Waals surface area (Å²) in [4.78, 5) is 0. The molecule has 17 heavy (non-hydrogen) atoms. The van der Waals surface area contributed by atoms with Crippen LogP contribution in [-0.2, 0) is 0 Å². The number of allylic oxidation sites excluding steroid dienone is 2. The minimum Gasteiger partial charge on any atom is -0.151 e. The molecule has 0 N–H and O–H groups in total. The highest BCUT2D eigenvalue weighted by molar-refractivity contribution is 8.00. The van der Waals surface area contributed by atoms with Crippen molar-refractivity contribution in [1.82, 2.24) is 0 Å². The molecule has 0 nitrogen and oxygen atoms in total. The molecule has 0 aromatic rings. The highest BCUT2D eigenvalue weighted by Gasteiger charge is 2.31. The van der Waals surface area contributed by atoms with Crippen LogP contribution in [0.25, 0.3) is 0 Å². The van der Waals surface area contributed by atoms with E-state index in [9.17, 15) is 0 Å². The van der Waals surface area contributed by atoms with E-state index in [0.29, 0.717) is 4.75 Å². The lowest BCUT2D eigenvalue weighted by Gasteiger charge is -2.27. The number of rotatable bonds is 6. The molecule has 0 heterocycles. The Morgan fingerprint density at radius 2 is 1.94 bits per heavy atom. The lowest BCUT2D eigenvalue weighted by molar-refractivity contribution is 0.472. The van der Waals surface area contributed by atoms with Crippen molar-refractivity contribution in [2.75, 3.05) is 5.75 Å². The Hall–Kier alpha value is -0.170. The van der Waals surface area contributed by atoms with Crippen LogP contribution < -0.4 is 0 Å². The Kier molecular flexibility index (Phi) is 5.37. The minimum atomic E-state index is 0.260. The second kappa shape index (κ2) is 6.13. The van der Waals surface area contributed by atoms with E-state index < -0.39 is 0 Å². The normalized spacial score (nSPS) is 20.0. The summed E-state index contributed by atoms with van der Waals surface area (Å²) in [5.74, 6) is 1.23. The second-order valence-corrected chi connectivity index (χ2v) is 7.84. The van der Waals surface area contributed by atoms with Crippen LogP contribution in [0.15, 0.2) is 24.3 Å². The van der Waals surface area contributed by atoms with E-state index in [0.717, 1.165) is 6.42 Å². The first kappa shape index (κ1) is 14.9. The van der Waals surface area contributed by atoms with Gasteiger partial charge in [-0.1, -0.05) is 51.3 Å². The third-order valence-electron chi connectivity index (χ3n) is 3.48. The van der Waals surface area contributed by atoms with Crippen molar-refractivity contribution in [2.24, 2.45) is 5.41 Å². The molecule has 0 aromatic carbocycles. The van der Waals surface area contributed by atoms with Crippen LogP contribution in [0.3, 0.4) is 0 Å². The second-order valence-electron chi connectivity index (χ2n) is 6.16. The zero-order chi connectivity index (χ0) is 12.9. The van der Waals surface area contributed by atoms with Crippen LogP contribution in [-0.4, -0.2) is 10.5 Å². The van der Waals surface area contributed by atoms with Gasteiger partial charge in [-0.05, 0) is 37.4 Å². The number of hydrogen-bond acceptors (Lipinski definition) is 1. The molecule has 0 spiro atoms. The van der Waals surface area contributed by atoms with Crippen molar-refractivity contribution in [3.05, 3.63) is 24.3 Å². The highest BCUT2D eigenvalue weighted by Crippen LogP contribution is 2.43. The molecule has 1 rings (SSSR count). The summed E-state index contributed by atoms with van der Waals surface area (Å²) in [6.45, 7) is 13.1. The molecule has 1 aliphatic carbocycles. The molecule has 0 amide bonds. The van der Waals surface area contributed by atoms with Crippen LogP contribution in [0.5, 0.6) is 0 Å². The Bertz CT molecular complexity index is 280. The van der Waals surface area contributed by atoms with Crippen molar-refractivity contribution in [3.8, 4) is 0 Å². The van der Waals surface area contributed by atoms with E-state index in [1.54, 1.807) is 0 Å². The van der Waals surface area contributed by atoms with Gasteiger partial charge in [0.2, 0.25) is 0 Å². The van der Waals surface area contributed by atoms with Gasteiger partial charge in [-0.15, -0.1) is 6.58 Å². The van der Waals surface area contributed by atoms with Crippen LogP contribution in [0.4, 0.5) is 0 Å². The molecule has 0 aromatic heterocycles. The molecule has 0 aliphatic heterocycles. The monoisotopic (exact) mass is 252 g/mol. The standard InChI is InChI=1S/C16H28S/c1-6-17-16(9-7-8-10-16)12-11-15(4,5)13-14(2)3/h11-12H,2,6-10,13H2,1,3-5H3/b12-11+. The maximum Gasteiger partial charge on any atom is 0.0339 e. The van der Waals surface area contributed by atoms with Crippen LogP contribution in [0.1, 0.15) is 59.8 Å². The summed E-state index contributed by atoms with van der Waals surface area (Å²) >= 11 is 2.14. The third kappa shape index (κ3) is 4.91. The Morgan fingerprint density at radius 3 is 2.41 bits per heavy atom. The van der Waals surface area contributed by atoms with Crippen LogP contribution in [0.2, 0.25) is 0 Å². The number of thioether (sulfide) groups is 1. The summed E-state index contributed by atoms with van der Waals surface area (Å²) < 4.78 is 0.446. The fourth-order valence-electron chi connectivity index (χ4n) is 2.83. The molecule has 1 fully saturated rings. The lowest BCUT2D eigenvalue weighted by Crippen LogP contribution is -2.19. The van der Waals surface area contributed by atoms with Gasteiger partial charge in [0.15, 0.2) is 0 Å². The van der Waals surface area contributed by atoms with Crippen molar-refractivity contribution in [3.63, 3.8) is 0 Å². The van der Waals surface area contributed by atoms with Crippen molar-refractivity contribution in [2.45, 2.75) is 64.5 Å². The average molecular weight is 252 g/mol. The molecule has 0 radical (unpaired) electrons. The Balaban J connectivity index is 2.69. The van der Waals surface area contributed by atoms with Crippen LogP contribution in [0, 0.1) is 5.41 Å². The van der Waals surface area contributed by atoms with Crippen molar-refractivity contribution < 1.29 is 0 Å². The van der Waals surface area contributed by atoms with Crippen LogP contribution >= 0.6 is 11.8 Å². The fourth-order valence-corrected chi connectivity index (χ4v) is 4.15. The topological polar surface area (TPSA) is 0 Å². The molecule has 1 saturated carbocycles. The fraction of sp³-hybridized carbons (Fsp3) is 0.750. The number of hydrogen-bond donors (Lipinski definition) is 0. The molecule has 1 heteroatoms. The molecule has 0 unspecified atom stereocenters. The largest absolute Gasteiger partial charge is 0.151 e. The van der Waals surface area contributed by atoms with E-state index in [4.69, 9.17) is 0 Å². The van der Waals surface area contributed by atoms with Gasteiger partial charge in [0, 0.05) is 4.75 Å². The van der Waals surface area contributed by atoms with Gasteiger partial charge in [-0.2, -0.15) is 11.8 Å². The summed E-state index contributed by atoms with van der Waals surface area (Å²) in [5, 5.41) is 0. The van der Waals surface area contributed by atoms with Crippen molar-refractivity contribution in [1.29, 1.82) is 0 Å². The molecular weight excluding hydrogens is 224 g/mol. The first-order valence-corrected chi connectivity index (χ1v) is 7.86. The van der Waals surface area contributed by atoms with E-state index in [1.807, 2.05) is 0 Å². The SMILES string of the molecule is C=C(C)CC(C)(C)/C=C/C1(SCC)CCCC1. The van der Waals surface area contributed by atoms with Gasteiger partial charge in [-0.3, -0.25) is 0 Å². The summed E-state index contributed by atoms with van der Waals surface area (Å²) in [6.07, 6.45) is 11.6. The minimum absolute atomic E-state index is 0.260. The first-order chi connectivity index (χ1) is 7.89. The summed E-state index contributed by atoms with van der Waals surface area (Å²) in [5.41, 5.74) is 1.54. The maximum atomic E-state index is 4.03. The molecule has 0 bridgehead atoms. The van der Waals surface area contributed by atoms with Gasteiger partial charge in [-0.25, -0.2) is 0 Å². The predicted octanol–water partition coefficient (Wildman–Crippen LogP) is 5.60. The molecule has 0 saturated heterocycles. The third-order valence-corrected chi connectivity index (χ3v) is 4.89. The van der Waals surface area contributed by atoms with E-state index in [1.165, 1.54) is 37.0 Å². The smallest absolute Gasteiger partial charge is 0.0339 e. The lowest BCUT2D eigenvalue weighted by atomic mass is 9.85. The molecular formula is C16H28S. The van der Waals surface area contributed by atoms with Gasteiger partial charge < -0.3 is 0 Å². The highest BCUT2D eigenvalue weighted by atomic mass is 32.2. The zero-order valence-corrected chi connectivity index (χ0v) is 12.8. The maximum absolute atomic E-state index is 4.03. The van der Waals surface area contributed by atoms with Gasteiger partial charge >= 0.3 is 0 Å². The summed E-state index contributed by atoms with van der Waals surface area (Å²) in [6, 6.07) is 0. The quantitative estimate of drug-likeness (QED) is 0.554. The van der Waals surface area contributed by atoms with E-state index in [-0.39, 0.29) is 5.41 Å². The van der Waals surface area contributed by atoms with Gasteiger partial charge in [0.1, 0.15) is 0 Å². The zero-order valence-electron chi connectivity index (χ0n) is 12.0. The predicted molar refractivity (Wildman–Crippen MR) is 81.7 cm³/mol. The van der Waals surface area contributed by atoms with E-state index in [2.05, 4.69) is 58.2 Å². The summed E-state index contributed by atoms with van der Waals surface area (Å²) in [7, 11) is 0. The van der Waals surface area contributed by atoms with E-state index >= 15 is 0 Å². The molecule has 0 atom stereocenters. The first-order valence-electron chi connectivity index (χ1n) is 6.88. The molecule has 98 valence electrons. The Morgan fingerprint density at radius 1 is 1.35 bits per heavy atom. The molecule has 1 aliphatic rings.